The van der Waals surface area contributed by atoms with Crippen LogP contribution in [0.25, 0.3) is 0 Å². The van der Waals surface area contributed by atoms with Crippen LogP contribution in [0.2, 0.25) is 0 Å². The summed E-state index contributed by atoms with van der Waals surface area (Å²) in [5.74, 6) is 0.194. The normalized spacial score (nSPS) is 18.5. The van der Waals surface area contributed by atoms with Crippen LogP contribution in [0.1, 0.15) is 46.5 Å². The highest BCUT2D eigenvalue weighted by atomic mass is 16.3. The van der Waals surface area contributed by atoms with E-state index >= 15 is 0 Å². The van der Waals surface area contributed by atoms with E-state index in [9.17, 15) is 14.7 Å². The van der Waals surface area contributed by atoms with Gasteiger partial charge in [0.2, 0.25) is 11.8 Å². The van der Waals surface area contributed by atoms with Gasteiger partial charge in [0.25, 0.3) is 0 Å². The van der Waals surface area contributed by atoms with Crippen molar-refractivity contribution in [3.05, 3.63) is 0 Å². The summed E-state index contributed by atoms with van der Waals surface area (Å²) in [6.07, 6.45) is 2.13. The van der Waals surface area contributed by atoms with E-state index in [4.69, 9.17) is 0 Å². The fourth-order valence-corrected chi connectivity index (χ4v) is 2.13. The Hall–Kier alpha value is -1.10. The van der Waals surface area contributed by atoms with Gasteiger partial charge in [0, 0.05) is 31.5 Å². The maximum Gasteiger partial charge on any atom is 0.222 e. The molecule has 1 rings (SSSR count). The Balaban J connectivity index is 2.28. The van der Waals surface area contributed by atoms with Crippen LogP contribution in [0.5, 0.6) is 0 Å². The van der Waals surface area contributed by atoms with Crippen LogP contribution in [0.3, 0.4) is 0 Å². The first-order valence-corrected chi connectivity index (χ1v) is 7.16. The average molecular weight is 270 g/mol. The summed E-state index contributed by atoms with van der Waals surface area (Å²) in [4.78, 5) is 25.3. The molecule has 1 aliphatic rings. The molecule has 1 unspecified atom stereocenters. The van der Waals surface area contributed by atoms with E-state index in [0.717, 1.165) is 12.8 Å². The molecule has 5 heteroatoms. The highest BCUT2D eigenvalue weighted by molar-refractivity contribution is 5.78. The SMILES string of the molecule is CC(O)CCC(=O)N1CCC(NC(=O)C(C)C)CC1. The molecule has 19 heavy (non-hydrogen) atoms. The largest absolute Gasteiger partial charge is 0.393 e. The van der Waals surface area contributed by atoms with Gasteiger partial charge in [-0.25, -0.2) is 0 Å². The van der Waals surface area contributed by atoms with Crippen LogP contribution in [-0.4, -0.2) is 47.1 Å². The van der Waals surface area contributed by atoms with E-state index in [1.54, 1.807) is 6.92 Å². The van der Waals surface area contributed by atoms with E-state index in [1.807, 2.05) is 18.7 Å². The van der Waals surface area contributed by atoms with E-state index in [-0.39, 0.29) is 23.8 Å². The molecule has 1 saturated heterocycles. The second-order valence-corrected chi connectivity index (χ2v) is 5.71. The van der Waals surface area contributed by atoms with Crippen LogP contribution < -0.4 is 5.32 Å². The van der Waals surface area contributed by atoms with Crippen molar-refractivity contribution in [3.8, 4) is 0 Å². The number of carbonyl (C=O) groups excluding carboxylic acids is 2. The Bertz CT molecular complexity index is 308. The summed E-state index contributed by atoms with van der Waals surface area (Å²) < 4.78 is 0. The number of hydrogen-bond donors (Lipinski definition) is 2. The molecule has 1 aliphatic heterocycles. The van der Waals surface area contributed by atoms with Gasteiger partial charge < -0.3 is 15.3 Å². The maximum absolute atomic E-state index is 11.9. The molecule has 2 amide bonds. The highest BCUT2D eigenvalue weighted by Crippen LogP contribution is 2.13. The quantitative estimate of drug-likeness (QED) is 0.780. The number of carbonyl (C=O) groups is 2. The molecule has 0 aromatic heterocycles. The predicted molar refractivity (Wildman–Crippen MR) is 73.5 cm³/mol. The van der Waals surface area contributed by atoms with Gasteiger partial charge in [0.05, 0.1) is 6.10 Å². The van der Waals surface area contributed by atoms with Crippen molar-refractivity contribution >= 4 is 11.8 Å². The van der Waals surface area contributed by atoms with E-state index < -0.39 is 6.10 Å². The maximum atomic E-state index is 11.9. The summed E-state index contributed by atoms with van der Waals surface area (Å²) in [5.41, 5.74) is 0. The Morgan fingerprint density at radius 1 is 1.26 bits per heavy atom. The zero-order chi connectivity index (χ0) is 14.4. The lowest BCUT2D eigenvalue weighted by Crippen LogP contribution is -2.47. The molecule has 0 aromatic rings. The number of aliphatic hydroxyl groups excluding tert-OH is 1. The lowest BCUT2D eigenvalue weighted by atomic mass is 10.0. The number of hydrogen-bond acceptors (Lipinski definition) is 3. The second kappa shape index (κ2) is 7.48. The minimum Gasteiger partial charge on any atom is -0.393 e. The van der Waals surface area contributed by atoms with Gasteiger partial charge >= 0.3 is 0 Å². The Morgan fingerprint density at radius 2 is 1.84 bits per heavy atom. The third-order valence-corrected chi connectivity index (χ3v) is 3.49. The van der Waals surface area contributed by atoms with Crippen molar-refractivity contribution < 1.29 is 14.7 Å². The van der Waals surface area contributed by atoms with Crippen molar-refractivity contribution in [2.24, 2.45) is 5.92 Å². The van der Waals surface area contributed by atoms with Crippen LogP contribution in [-0.2, 0) is 9.59 Å². The Kier molecular flexibility index (Phi) is 6.28. The van der Waals surface area contributed by atoms with Crippen molar-refractivity contribution in [1.29, 1.82) is 0 Å². The second-order valence-electron chi connectivity index (χ2n) is 5.71. The molecular formula is C14H26N2O3. The molecule has 0 bridgehead atoms. The van der Waals surface area contributed by atoms with Crippen LogP contribution in [0.15, 0.2) is 0 Å². The van der Waals surface area contributed by atoms with Gasteiger partial charge in [-0.05, 0) is 26.2 Å². The molecular weight excluding hydrogens is 244 g/mol. The third-order valence-electron chi connectivity index (χ3n) is 3.49. The van der Waals surface area contributed by atoms with Gasteiger partial charge in [-0.15, -0.1) is 0 Å². The monoisotopic (exact) mass is 270 g/mol. The zero-order valence-electron chi connectivity index (χ0n) is 12.2. The molecule has 0 aromatic carbocycles. The van der Waals surface area contributed by atoms with Gasteiger partial charge in [0.15, 0.2) is 0 Å². The van der Waals surface area contributed by atoms with E-state index in [0.29, 0.717) is 25.9 Å². The van der Waals surface area contributed by atoms with Gasteiger partial charge in [-0.3, -0.25) is 9.59 Å². The summed E-state index contributed by atoms with van der Waals surface area (Å²) in [6, 6.07) is 0.190. The molecule has 0 aliphatic carbocycles. The molecule has 1 atom stereocenters. The fraction of sp³-hybridized carbons (Fsp3) is 0.857. The summed E-state index contributed by atoms with van der Waals surface area (Å²) in [7, 11) is 0. The standard InChI is InChI=1S/C14H26N2O3/c1-10(2)14(19)15-12-6-8-16(9-7-12)13(18)5-4-11(3)17/h10-12,17H,4-9H2,1-3H3,(H,15,19). The molecule has 0 saturated carbocycles. The first-order chi connectivity index (χ1) is 8.90. The third kappa shape index (κ3) is 5.59. The van der Waals surface area contributed by atoms with E-state index in [1.165, 1.54) is 0 Å². The molecule has 1 fully saturated rings. The van der Waals surface area contributed by atoms with Crippen LogP contribution >= 0.6 is 0 Å². The van der Waals surface area contributed by atoms with Crippen molar-refractivity contribution in [2.45, 2.75) is 58.6 Å². The molecule has 2 N–H and O–H groups in total. The van der Waals surface area contributed by atoms with Crippen molar-refractivity contribution in [2.75, 3.05) is 13.1 Å². The minimum absolute atomic E-state index is 0.00528. The average Bonchev–Trinajstić information content (AvgIpc) is 2.36. The van der Waals surface area contributed by atoms with Gasteiger partial charge in [0.1, 0.15) is 0 Å². The minimum atomic E-state index is -0.424. The zero-order valence-corrected chi connectivity index (χ0v) is 12.2. The van der Waals surface area contributed by atoms with Gasteiger partial charge in [-0.1, -0.05) is 13.8 Å². The summed E-state index contributed by atoms with van der Waals surface area (Å²) in [5, 5.41) is 12.2. The smallest absolute Gasteiger partial charge is 0.222 e. The number of likely N-dealkylation sites (tertiary alicyclic amines) is 1. The van der Waals surface area contributed by atoms with Crippen LogP contribution in [0, 0.1) is 5.92 Å². The summed E-state index contributed by atoms with van der Waals surface area (Å²) in [6.45, 7) is 6.85. The highest BCUT2D eigenvalue weighted by Gasteiger charge is 2.24. The first-order valence-electron chi connectivity index (χ1n) is 7.16. The van der Waals surface area contributed by atoms with Crippen molar-refractivity contribution in [3.63, 3.8) is 0 Å². The number of aliphatic hydroxyl groups is 1. The Morgan fingerprint density at radius 3 is 2.32 bits per heavy atom. The number of nitrogens with one attached hydrogen (secondary N) is 1. The number of piperidine rings is 1. The number of nitrogens with zero attached hydrogens (tertiary/aromatic N) is 1. The number of amides is 2. The molecule has 1 heterocycles. The number of rotatable bonds is 5. The fourth-order valence-electron chi connectivity index (χ4n) is 2.13. The van der Waals surface area contributed by atoms with Crippen LogP contribution in [0.4, 0.5) is 0 Å². The van der Waals surface area contributed by atoms with E-state index in [2.05, 4.69) is 5.32 Å². The molecule has 0 spiro atoms. The lowest BCUT2D eigenvalue weighted by Gasteiger charge is -2.33. The first kappa shape index (κ1) is 16.0. The van der Waals surface area contributed by atoms with Crippen molar-refractivity contribution in [1.82, 2.24) is 10.2 Å². The van der Waals surface area contributed by atoms with Gasteiger partial charge in [-0.2, -0.15) is 0 Å². The predicted octanol–water partition coefficient (Wildman–Crippen LogP) is 0.911. The summed E-state index contributed by atoms with van der Waals surface area (Å²) >= 11 is 0. The molecule has 0 radical (unpaired) electrons. The topological polar surface area (TPSA) is 69.6 Å². The molecule has 5 nitrogen and oxygen atoms in total. The lowest BCUT2D eigenvalue weighted by molar-refractivity contribution is -0.133. The Labute approximate surface area is 115 Å². The molecule has 110 valence electrons.